The second-order valence-electron chi connectivity index (χ2n) is 12.0. The van der Waals surface area contributed by atoms with Gasteiger partial charge in [-0.3, -0.25) is 4.79 Å². The molecule has 0 radical (unpaired) electrons. The Balaban J connectivity index is 1.55. The Morgan fingerprint density at radius 2 is 1.73 bits per heavy atom. The van der Waals surface area contributed by atoms with E-state index < -0.39 is 17.7 Å². The number of carbonyl (C=O) groups excluding carboxylic acids is 2. The quantitative estimate of drug-likeness (QED) is 0.199. The molecule has 1 N–H and O–H groups in total. The van der Waals surface area contributed by atoms with Gasteiger partial charge in [0.2, 0.25) is 5.95 Å². The first-order valence-corrected chi connectivity index (χ1v) is 15.1. The van der Waals surface area contributed by atoms with Gasteiger partial charge in [-0.15, -0.1) is 0 Å². The summed E-state index contributed by atoms with van der Waals surface area (Å²) in [5, 5.41) is 3.17. The van der Waals surface area contributed by atoms with E-state index in [1.165, 1.54) is 61.0 Å². The average Bonchev–Trinajstić information content (AvgIpc) is 3.39. The fourth-order valence-electron chi connectivity index (χ4n) is 5.32. The molecule has 0 aliphatic heterocycles. The summed E-state index contributed by atoms with van der Waals surface area (Å²) in [6.45, 7) is 7.36. The van der Waals surface area contributed by atoms with Gasteiger partial charge in [0.15, 0.2) is 17.0 Å². The number of esters is 1. The van der Waals surface area contributed by atoms with Crippen molar-refractivity contribution in [3.05, 3.63) is 71.8 Å². The number of imidazole rings is 1. The van der Waals surface area contributed by atoms with Crippen LogP contribution in [0.2, 0.25) is 0 Å². The van der Waals surface area contributed by atoms with Gasteiger partial charge in [-0.25, -0.2) is 19.1 Å². The van der Waals surface area contributed by atoms with Gasteiger partial charge in [0, 0.05) is 5.69 Å². The van der Waals surface area contributed by atoms with E-state index in [2.05, 4.69) is 22.4 Å². The number of fused-ring (bicyclic) bond motifs is 1. The van der Waals surface area contributed by atoms with Crippen LogP contribution in [0.5, 0.6) is 0 Å². The summed E-state index contributed by atoms with van der Waals surface area (Å²) in [5.41, 5.74) is 2.65. The Hall–Kier alpha value is -4.54. The van der Waals surface area contributed by atoms with Crippen molar-refractivity contribution in [3.63, 3.8) is 0 Å². The molecule has 0 unspecified atom stereocenters. The molecule has 1 aliphatic carbocycles. The highest BCUT2D eigenvalue weighted by atomic mass is 19.1. The molecule has 11 heteroatoms. The van der Waals surface area contributed by atoms with Crippen LogP contribution in [-0.4, -0.2) is 43.8 Å². The SMILES string of the molecule is CCOC(=O)Cn1cnc2c(Nc3ccc(F)cc3)nc(N(Cc3ccc(C4CCCCC4)cc3)C(=O)OC(C)(C)C)nc21. The summed E-state index contributed by atoms with van der Waals surface area (Å²) >= 11 is 0. The molecular formula is C33H39FN6O4. The minimum atomic E-state index is -0.773. The number of nitrogens with zero attached hydrogens (tertiary/aromatic N) is 5. The molecule has 5 rings (SSSR count). The largest absolute Gasteiger partial charge is 0.465 e. The van der Waals surface area contributed by atoms with E-state index in [4.69, 9.17) is 19.4 Å². The maximum Gasteiger partial charge on any atom is 0.417 e. The van der Waals surface area contributed by atoms with Crippen molar-refractivity contribution < 1.29 is 23.5 Å². The Kier molecular flexibility index (Phi) is 9.41. The number of amides is 1. The number of halogens is 1. The fraction of sp³-hybridized carbons (Fsp3) is 0.424. The standard InChI is InChI=1S/C33H39FN6O4/c1-5-43-27(41)20-39-21-35-28-29(36-26-17-15-25(34)16-18-26)37-31(38-30(28)39)40(32(42)44-33(2,3)4)19-22-11-13-24(14-12-22)23-9-7-6-8-10-23/h11-18,21,23H,5-10,19-20H2,1-4H3,(H,36,37,38). The molecule has 232 valence electrons. The van der Waals surface area contributed by atoms with Crippen molar-refractivity contribution in [3.8, 4) is 0 Å². The van der Waals surface area contributed by atoms with E-state index in [-0.39, 0.29) is 37.3 Å². The van der Waals surface area contributed by atoms with Crippen LogP contribution in [0, 0.1) is 5.82 Å². The number of anilines is 3. The summed E-state index contributed by atoms with van der Waals surface area (Å²) < 4.78 is 26.1. The molecule has 0 atom stereocenters. The molecule has 1 aliphatic rings. The molecule has 0 bridgehead atoms. The van der Waals surface area contributed by atoms with Crippen LogP contribution in [0.25, 0.3) is 11.2 Å². The second kappa shape index (κ2) is 13.4. The number of carbonyl (C=O) groups is 2. The smallest absolute Gasteiger partial charge is 0.417 e. The van der Waals surface area contributed by atoms with Crippen molar-refractivity contribution in [1.29, 1.82) is 0 Å². The fourth-order valence-corrected chi connectivity index (χ4v) is 5.32. The van der Waals surface area contributed by atoms with Crippen LogP contribution < -0.4 is 10.2 Å². The Morgan fingerprint density at radius 1 is 1.02 bits per heavy atom. The zero-order chi connectivity index (χ0) is 31.3. The van der Waals surface area contributed by atoms with Gasteiger partial charge in [-0.1, -0.05) is 43.5 Å². The Bertz CT molecular complexity index is 1590. The highest BCUT2D eigenvalue weighted by Gasteiger charge is 2.28. The van der Waals surface area contributed by atoms with Gasteiger partial charge < -0.3 is 19.4 Å². The molecule has 2 heterocycles. The summed E-state index contributed by atoms with van der Waals surface area (Å²) in [6.07, 6.45) is 7.02. The van der Waals surface area contributed by atoms with Crippen molar-refractivity contribution >= 4 is 40.7 Å². The van der Waals surface area contributed by atoms with Gasteiger partial charge in [0.1, 0.15) is 18.0 Å². The van der Waals surface area contributed by atoms with Crippen molar-refractivity contribution in [2.24, 2.45) is 0 Å². The zero-order valence-electron chi connectivity index (χ0n) is 25.7. The minimum Gasteiger partial charge on any atom is -0.465 e. The average molecular weight is 603 g/mol. The Labute approximate surface area is 256 Å². The van der Waals surface area contributed by atoms with E-state index in [0.29, 0.717) is 22.8 Å². The molecule has 2 aromatic heterocycles. The van der Waals surface area contributed by atoms with Gasteiger partial charge >= 0.3 is 12.1 Å². The van der Waals surface area contributed by atoms with Crippen LogP contribution in [0.1, 0.15) is 76.8 Å². The summed E-state index contributed by atoms with van der Waals surface area (Å²) in [7, 11) is 0. The van der Waals surface area contributed by atoms with E-state index in [0.717, 1.165) is 5.56 Å². The van der Waals surface area contributed by atoms with E-state index in [1.54, 1.807) is 44.4 Å². The molecule has 0 spiro atoms. The van der Waals surface area contributed by atoms with E-state index >= 15 is 0 Å². The molecule has 1 saturated carbocycles. The zero-order valence-corrected chi connectivity index (χ0v) is 25.7. The van der Waals surface area contributed by atoms with Gasteiger partial charge in [0.05, 0.1) is 19.5 Å². The molecule has 10 nitrogen and oxygen atoms in total. The number of rotatable bonds is 9. The lowest BCUT2D eigenvalue weighted by atomic mass is 9.84. The monoisotopic (exact) mass is 602 g/mol. The van der Waals surface area contributed by atoms with Crippen LogP contribution in [0.3, 0.4) is 0 Å². The van der Waals surface area contributed by atoms with Crippen LogP contribution in [0.15, 0.2) is 54.9 Å². The molecule has 0 saturated heterocycles. The lowest BCUT2D eigenvalue weighted by Crippen LogP contribution is -2.37. The normalized spacial score (nSPS) is 13.9. The Morgan fingerprint density at radius 3 is 2.39 bits per heavy atom. The molecule has 2 aromatic carbocycles. The summed E-state index contributed by atoms with van der Waals surface area (Å²) in [5.74, 6) is 0.0551. The minimum absolute atomic E-state index is 0.0540. The number of benzene rings is 2. The van der Waals surface area contributed by atoms with Gasteiger partial charge in [-0.05, 0) is 81.8 Å². The molecular weight excluding hydrogens is 563 g/mol. The van der Waals surface area contributed by atoms with E-state index in [1.807, 2.05) is 12.1 Å². The van der Waals surface area contributed by atoms with Crippen molar-refractivity contribution in [2.45, 2.75) is 84.4 Å². The predicted octanol–water partition coefficient (Wildman–Crippen LogP) is 7.26. The maximum absolute atomic E-state index is 13.7. The lowest BCUT2D eigenvalue weighted by molar-refractivity contribution is -0.143. The maximum atomic E-state index is 13.7. The van der Waals surface area contributed by atoms with Gasteiger partial charge in [0.25, 0.3) is 0 Å². The van der Waals surface area contributed by atoms with Gasteiger partial charge in [-0.2, -0.15) is 9.97 Å². The number of aromatic nitrogens is 4. The molecule has 44 heavy (non-hydrogen) atoms. The van der Waals surface area contributed by atoms with Crippen molar-refractivity contribution in [1.82, 2.24) is 19.5 Å². The van der Waals surface area contributed by atoms with E-state index in [9.17, 15) is 14.0 Å². The third kappa shape index (κ3) is 7.69. The number of ether oxygens (including phenoxy) is 2. The second-order valence-corrected chi connectivity index (χ2v) is 12.0. The first-order chi connectivity index (χ1) is 21.1. The summed E-state index contributed by atoms with van der Waals surface area (Å²) in [6, 6.07) is 14.1. The lowest BCUT2D eigenvalue weighted by Gasteiger charge is -2.27. The summed E-state index contributed by atoms with van der Waals surface area (Å²) in [4.78, 5) is 41.3. The molecule has 4 aromatic rings. The predicted molar refractivity (Wildman–Crippen MR) is 166 cm³/mol. The van der Waals surface area contributed by atoms with Crippen molar-refractivity contribution in [2.75, 3.05) is 16.8 Å². The molecule has 1 fully saturated rings. The van der Waals surface area contributed by atoms with Crippen LogP contribution in [0.4, 0.5) is 26.6 Å². The van der Waals surface area contributed by atoms with Crippen LogP contribution in [-0.2, 0) is 27.4 Å². The number of hydrogen-bond donors (Lipinski definition) is 1. The topological polar surface area (TPSA) is 111 Å². The van der Waals surface area contributed by atoms with Crippen LogP contribution >= 0.6 is 0 Å². The third-order valence-corrected chi connectivity index (χ3v) is 7.42. The highest BCUT2D eigenvalue weighted by Crippen LogP contribution is 2.33. The third-order valence-electron chi connectivity index (χ3n) is 7.42. The highest BCUT2D eigenvalue weighted by molar-refractivity contribution is 5.91. The first kappa shape index (κ1) is 30.9. The number of nitrogens with one attached hydrogen (secondary N) is 1. The number of hydrogen-bond acceptors (Lipinski definition) is 8. The first-order valence-electron chi connectivity index (χ1n) is 15.1. The molecule has 1 amide bonds.